The first-order valence-electron chi connectivity index (χ1n) is 27.2. The zero-order valence-corrected chi connectivity index (χ0v) is 44.0. The van der Waals surface area contributed by atoms with Gasteiger partial charge in [-0.1, -0.05) is 236 Å². The van der Waals surface area contributed by atoms with Crippen molar-refractivity contribution in [1.29, 1.82) is 0 Å². The van der Waals surface area contributed by atoms with Gasteiger partial charge in [0.1, 0.15) is 0 Å². The van der Waals surface area contributed by atoms with Gasteiger partial charge < -0.3 is 9.47 Å². The predicted octanol–water partition coefficient (Wildman–Crippen LogP) is 17.4. The highest BCUT2D eigenvalue weighted by atomic mass is 28.3. The van der Waals surface area contributed by atoms with Crippen LogP contribution in [-0.4, -0.2) is 12.6 Å². The fourth-order valence-electron chi connectivity index (χ4n) is 13.8. The van der Waals surface area contributed by atoms with Crippen molar-refractivity contribution in [2.45, 2.75) is 6.92 Å². The lowest BCUT2D eigenvalue weighted by molar-refractivity contribution is 1.18. The van der Waals surface area contributed by atoms with Crippen LogP contribution in [-0.2, 0) is 0 Å². The highest BCUT2D eigenvalue weighted by molar-refractivity contribution is 7.21. The van der Waals surface area contributed by atoms with Crippen molar-refractivity contribution in [2.24, 2.45) is 0 Å². The minimum Gasteiger partial charge on any atom is -0.311 e. The van der Waals surface area contributed by atoms with Crippen molar-refractivity contribution >= 4 is 122 Å². The molecule has 0 N–H and O–H groups in total. The summed E-state index contributed by atoms with van der Waals surface area (Å²) in [5, 5.41) is 20.5. The van der Waals surface area contributed by atoms with E-state index in [2.05, 4.69) is 302 Å². The normalized spacial score (nSPS) is 13.0. The largest absolute Gasteiger partial charge is 0.311 e. The van der Waals surface area contributed by atoms with Gasteiger partial charge in [-0.05, 0) is 158 Å². The molecule has 0 unspecified atom stereocenters. The Kier molecular flexibility index (Phi) is 9.91. The molecule has 1 aliphatic rings. The molecule has 0 atom stereocenters. The molecule has 14 aromatic carbocycles. The first-order valence-corrected chi connectivity index (χ1v) is 29.2. The molecule has 0 saturated carbocycles. The molecule has 2 nitrogen and oxygen atoms in total. The van der Waals surface area contributed by atoms with Crippen LogP contribution in [0.4, 0.5) is 17.1 Å². The minimum atomic E-state index is -3.12. The molecular formula is C75H50N2Si. The van der Waals surface area contributed by atoms with E-state index in [4.69, 9.17) is 0 Å². The van der Waals surface area contributed by atoms with E-state index in [0.29, 0.717) is 0 Å². The van der Waals surface area contributed by atoms with Crippen LogP contribution in [0.25, 0.3) is 104 Å². The summed E-state index contributed by atoms with van der Waals surface area (Å²) in [5.74, 6) is 0. The summed E-state index contributed by atoms with van der Waals surface area (Å²) in [6, 6.07) is 108. The number of fused-ring (bicyclic) bond motifs is 13. The Morgan fingerprint density at radius 3 is 1.37 bits per heavy atom. The quantitative estimate of drug-likeness (QED) is 0.0915. The zero-order valence-electron chi connectivity index (χ0n) is 43.0. The van der Waals surface area contributed by atoms with E-state index in [-0.39, 0.29) is 0 Å². The number of hydrogen-bond donors (Lipinski definition) is 0. The molecule has 0 bridgehead atoms. The van der Waals surface area contributed by atoms with Gasteiger partial charge in [0.05, 0.1) is 11.0 Å². The van der Waals surface area contributed by atoms with Crippen molar-refractivity contribution in [3.05, 3.63) is 291 Å². The van der Waals surface area contributed by atoms with E-state index in [0.717, 1.165) is 11.4 Å². The maximum Gasteiger partial charge on any atom is 0.184 e. The van der Waals surface area contributed by atoms with Gasteiger partial charge in [-0.2, -0.15) is 0 Å². The number of rotatable bonds is 6. The number of benzene rings is 14. The Morgan fingerprint density at radius 1 is 0.269 bits per heavy atom. The van der Waals surface area contributed by atoms with Crippen LogP contribution in [0.5, 0.6) is 0 Å². The van der Waals surface area contributed by atoms with E-state index >= 15 is 0 Å². The summed E-state index contributed by atoms with van der Waals surface area (Å²) in [5.41, 5.74) is 13.2. The van der Waals surface area contributed by atoms with Gasteiger partial charge in [-0.3, -0.25) is 0 Å². The molecule has 0 radical (unpaired) electrons. The number of aromatic nitrogens is 1. The van der Waals surface area contributed by atoms with Crippen LogP contribution in [0.3, 0.4) is 0 Å². The number of para-hydroxylation sites is 2. The molecule has 0 amide bonds. The molecule has 0 spiro atoms. The molecule has 0 fully saturated rings. The first-order chi connectivity index (χ1) is 38.6. The van der Waals surface area contributed by atoms with Crippen molar-refractivity contribution < 1.29 is 0 Å². The highest BCUT2D eigenvalue weighted by Gasteiger charge is 2.49. The van der Waals surface area contributed by atoms with Gasteiger partial charge in [0.2, 0.25) is 0 Å². The van der Waals surface area contributed by atoms with E-state index in [1.807, 2.05) is 0 Å². The summed E-state index contributed by atoms with van der Waals surface area (Å²) < 4.78 is 2.54. The van der Waals surface area contributed by atoms with Crippen molar-refractivity contribution in [1.82, 2.24) is 4.57 Å². The third-order valence-corrected chi connectivity index (χ3v) is 21.8. The third kappa shape index (κ3) is 6.43. The van der Waals surface area contributed by atoms with E-state index in [1.54, 1.807) is 0 Å². The Hall–Kier alpha value is -9.80. The van der Waals surface area contributed by atoms with Crippen LogP contribution < -0.4 is 25.6 Å². The van der Waals surface area contributed by atoms with Crippen LogP contribution in [0.15, 0.2) is 285 Å². The van der Waals surface area contributed by atoms with Crippen LogP contribution >= 0.6 is 0 Å². The first kappa shape index (κ1) is 44.5. The van der Waals surface area contributed by atoms with E-state index in [9.17, 15) is 0 Å². The van der Waals surface area contributed by atoms with Gasteiger partial charge >= 0.3 is 0 Å². The lowest BCUT2D eigenvalue weighted by Crippen LogP contribution is -2.77. The molecular weight excluding hydrogens is 957 g/mol. The summed E-state index contributed by atoms with van der Waals surface area (Å²) >= 11 is 0. The Balaban J connectivity index is 1.08. The Labute approximate surface area is 454 Å². The number of hydrogen-bond acceptors (Lipinski definition) is 1. The number of anilines is 3. The molecule has 78 heavy (non-hydrogen) atoms. The zero-order chi connectivity index (χ0) is 51.5. The summed E-state index contributed by atoms with van der Waals surface area (Å²) in [7, 11) is -3.12. The second-order valence-corrected chi connectivity index (χ2v) is 24.9. The topological polar surface area (TPSA) is 8.17 Å². The summed E-state index contributed by atoms with van der Waals surface area (Å²) in [6.45, 7) is 2.20. The Morgan fingerprint density at radius 2 is 0.731 bits per heavy atom. The second-order valence-electron chi connectivity index (χ2n) is 21.2. The molecule has 16 rings (SSSR count). The van der Waals surface area contributed by atoms with Crippen LogP contribution in [0, 0.1) is 6.92 Å². The summed E-state index contributed by atoms with van der Waals surface area (Å²) in [6.07, 6.45) is 0. The smallest absolute Gasteiger partial charge is 0.184 e. The number of nitrogens with zero attached hydrogens (tertiary/aromatic N) is 2. The summed E-state index contributed by atoms with van der Waals surface area (Å²) in [4.78, 5) is 2.61. The molecule has 1 aromatic heterocycles. The highest BCUT2D eigenvalue weighted by Crippen LogP contribution is 2.49. The number of aryl methyl sites for hydroxylation is 1. The molecule has 364 valence electrons. The van der Waals surface area contributed by atoms with Crippen LogP contribution in [0.2, 0.25) is 0 Å². The van der Waals surface area contributed by atoms with Crippen molar-refractivity contribution in [3.63, 3.8) is 0 Å². The molecule has 2 heterocycles. The fraction of sp³-hybridized carbons (Fsp3) is 0.0133. The SMILES string of the molecule is Cc1ccc2c(c1)c1ccccc1c1cc3c4cc5c(cc4n(-c4ccccc4)c3cc21)N(c1ccc2c(-c3ccccc3)c3ccccc3c(-c3ccccc3)c2c1)c1ccccc1[Si]5(c1ccccc1)c1ccccc1. The standard InChI is InChI=1S/C75H50N2Si/c1-49-39-41-58-62(43-49)56-33-17-18-34-57(56)63-45-65-66-47-73-71(48-70(66)76(69(65)46-64(58)63)52-27-11-4-12-28-52)77(68-37-21-22-38-72(68)78(73,54-29-13-5-14-30-54)55-31-15-6-16-32-55)53-40-42-61-67(44-53)75(51-25-9-3-10-26-51)60-36-20-19-35-59(60)74(61)50-23-7-2-8-24-50/h2-48H,1H3. The lowest BCUT2D eigenvalue weighted by Gasteiger charge is -2.45. The van der Waals surface area contributed by atoms with Gasteiger partial charge in [0.25, 0.3) is 0 Å². The predicted molar refractivity (Wildman–Crippen MR) is 336 cm³/mol. The van der Waals surface area contributed by atoms with Crippen molar-refractivity contribution in [3.8, 4) is 27.9 Å². The maximum atomic E-state index is 2.64. The van der Waals surface area contributed by atoms with Gasteiger partial charge in [-0.15, -0.1) is 0 Å². The average Bonchev–Trinajstić information content (AvgIpc) is 3.98. The monoisotopic (exact) mass is 1010 g/mol. The van der Waals surface area contributed by atoms with Gasteiger partial charge in [0.15, 0.2) is 8.07 Å². The second kappa shape index (κ2) is 17.4. The van der Waals surface area contributed by atoms with E-state index < -0.39 is 8.07 Å². The molecule has 3 heteroatoms. The lowest BCUT2D eigenvalue weighted by atomic mass is 9.85. The Bertz CT molecular complexity index is 4860. The van der Waals surface area contributed by atoms with Crippen LogP contribution in [0.1, 0.15) is 5.56 Å². The molecule has 0 saturated heterocycles. The average molecular weight is 1010 g/mol. The van der Waals surface area contributed by atoms with E-state index in [1.165, 1.54) is 136 Å². The molecule has 15 aromatic rings. The fourth-order valence-corrected chi connectivity index (χ4v) is 18.9. The van der Waals surface area contributed by atoms with Gasteiger partial charge in [-0.25, -0.2) is 0 Å². The maximum absolute atomic E-state index is 3.12. The van der Waals surface area contributed by atoms with Crippen molar-refractivity contribution in [2.75, 3.05) is 4.90 Å². The molecule has 0 aliphatic carbocycles. The van der Waals surface area contributed by atoms with Gasteiger partial charge in [0, 0.05) is 33.5 Å². The molecule has 1 aliphatic heterocycles. The third-order valence-electron chi connectivity index (χ3n) is 17.0. The minimum absolute atomic E-state index is 1.12.